The lowest BCUT2D eigenvalue weighted by Crippen LogP contribution is -2.01. The van der Waals surface area contributed by atoms with Gasteiger partial charge in [-0.15, -0.1) is 0 Å². The maximum absolute atomic E-state index is 11.2. The second-order valence-corrected chi connectivity index (χ2v) is 5.86. The lowest BCUT2D eigenvalue weighted by atomic mass is 10.1. The van der Waals surface area contributed by atoms with Gasteiger partial charge in [0.25, 0.3) is 0 Å². The maximum atomic E-state index is 11.2. The average Bonchev–Trinajstić information content (AvgIpc) is 2.21. The van der Waals surface area contributed by atoms with Crippen molar-refractivity contribution in [1.29, 1.82) is 0 Å². The van der Waals surface area contributed by atoms with Crippen LogP contribution in [0.15, 0.2) is 30.5 Å². The Bertz CT molecular complexity index is 635. The summed E-state index contributed by atoms with van der Waals surface area (Å²) in [6.07, 6.45) is 2.53. The SMILES string of the molecule is CS(=O)(=O)Cc1cnc2ccccc2c1O. The van der Waals surface area contributed by atoms with Crippen molar-refractivity contribution in [2.75, 3.05) is 6.26 Å². The summed E-state index contributed by atoms with van der Waals surface area (Å²) >= 11 is 0. The van der Waals surface area contributed by atoms with Crippen LogP contribution in [0.25, 0.3) is 10.9 Å². The fraction of sp³-hybridized carbons (Fsp3) is 0.182. The number of aromatic hydroxyl groups is 1. The number of rotatable bonds is 2. The molecule has 0 bridgehead atoms. The summed E-state index contributed by atoms with van der Waals surface area (Å²) < 4.78 is 22.3. The molecule has 0 amide bonds. The number of fused-ring (bicyclic) bond motifs is 1. The molecule has 0 atom stereocenters. The van der Waals surface area contributed by atoms with Gasteiger partial charge in [-0.25, -0.2) is 8.42 Å². The van der Waals surface area contributed by atoms with Crippen LogP contribution in [0.3, 0.4) is 0 Å². The Morgan fingerprint density at radius 1 is 1.31 bits per heavy atom. The largest absolute Gasteiger partial charge is 0.507 e. The summed E-state index contributed by atoms with van der Waals surface area (Å²) in [6, 6.07) is 7.06. The van der Waals surface area contributed by atoms with Crippen LogP contribution in [0.4, 0.5) is 0 Å². The van der Waals surface area contributed by atoms with Gasteiger partial charge in [0.15, 0.2) is 9.84 Å². The molecule has 1 aromatic heterocycles. The van der Waals surface area contributed by atoms with Gasteiger partial charge in [-0.1, -0.05) is 12.1 Å². The van der Waals surface area contributed by atoms with E-state index in [0.717, 1.165) is 6.26 Å². The normalized spacial score (nSPS) is 11.8. The molecule has 0 aliphatic carbocycles. The van der Waals surface area contributed by atoms with Crippen LogP contribution in [0, 0.1) is 0 Å². The van der Waals surface area contributed by atoms with Gasteiger partial charge < -0.3 is 5.11 Å². The summed E-state index contributed by atoms with van der Waals surface area (Å²) in [7, 11) is -3.17. The van der Waals surface area contributed by atoms with Crippen LogP contribution < -0.4 is 0 Å². The highest BCUT2D eigenvalue weighted by atomic mass is 32.2. The Morgan fingerprint density at radius 2 is 2.00 bits per heavy atom. The summed E-state index contributed by atoms with van der Waals surface area (Å²) in [5.74, 6) is -0.201. The van der Waals surface area contributed by atoms with Crippen molar-refractivity contribution in [3.05, 3.63) is 36.0 Å². The highest BCUT2D eigenvalue weighted by molar-refractivity contribution is 7.89. The minimum atomic E-state index is -3.17. The van der Waals surface area contributed by atoms with Crippen LogP contribution in [0.1, 0.15) is 5.56 Å². The monoisotopic (exact) mass is 237 g/mol. The van der Waals surface area contributed by atoms with E-state index in [1.165, 1.54) is 6.20 Å². The first kappa shape index (κ1) is 10.9. The molecule has 0 aliphatic rings. The zero-order valence-electron chi connectivity index (χ0n) is 8.71. The van der Waals surface area contributed by atoms with E-state index < -0.39 is 9.84 Å². The smallest absolute Gasteiger partial charge is 0.151 e. The molecular weight excluding hydrogens is 226 g/mol. The summed E-state index contributed by atoms with van der Waals surface area (Å²) in [5.41, 5.74) is 0.985. The van der Waals surface area contributed by atoms with Gasteiger partial charge in [0, 0.05) is 23.4 Å². The first-order chi connectivity index (χ1) is 7.47. The number of sulfone groups is 1. The second-order valence-electron chi connectivity index (χ2n) is 3.72. The van der Waals surface area contributed by atoms with Crippen molar-refractivity contribution in [2.24, 2.45) is 0 Å². The molecule has 0 unspecified atom stereocenters. The third-order valence-corrected chi connectivity index (χ3v) is 3.08. The molecule has 0 saturated carbocycles. The minimum Gasteiger partial charge on any atom is -0.507 e. The van der Waals surface area contributed by atoms with Gasteiger partial charge in [-0.05, 0) is 12.1 Å². The summed E-state index contributed by atoms with van der Waals surface area (Å²) in [4.78, 5) is 4.10. The Morgan fingerprint density at radius 3 is 2.69 bits per heavy atom. The molecule has 5 heteroatoms. The van der Waals surface area contributed by atoms with E-state index in [1.807, 2.05) is 6.07 Å². The van der Waals surface area contributed by atoms with Crippen molar-refractivity contribution in [3.8, 4) is 5.75 Å². The van der Waals surface area contributed by atoms with Gasteiger partial charge in [0.05, 0.1) is 11.3 Å². The molecule has 0 spiro atoms. The number of para-hydroxylation sites is 1. The number of hydrogen-bond acceptors (Lipinski definition) is 4. The van der Waals surface area contributed by atoms with Gasteiger partial charge in [-0.2, -0.15) is 0 Å². The van der Waals surface area contributed by atoms with Gasteiger partial charge in [-0.3, -0.25) is 4.98 Å². The standard InChI is InChI=1S/C11H11NO3S/c1-16(14,15)7-8-6-12-10-5-3-2-4-9(10)11(8)13/h2-6H,7H2,1H3,(H,12,13). The third-order valence-electron chi connectivity index (χ3n) is 2.24. The van der Waals surface area contributed by atoms with E-state index in [2.05, 4.69) is 4.98 Å². The van der Waals surface area contributed by atoms with Crippen molar-refractivity contribution in [2.45, 2.75) is 5.75 Å². The first-order valence-electron chi connectivity index (χ1n) is 4.71. The first-order valence-corrected chi connectivity index (χ1v) is 6.77. The van der Waals surface area contributed by atoms with Crippen molar-refractivity contribution >= 4 is 20.7 Å². The number of benzene rings is 1. The molecular formula is C11H11NO3S. The number of hydrogen-bond donors (Lipinski definition) is 1. The topological polar surface area (TPSA) is 67.3 Å². The van der Waals surface area contributed by atoms with Gasteiger partial charge in [0.2, 0.25) is 0 Å². The van der Waals surface area contributed by atoms with E-state index in [1.54, 1.807) is 18.2 Å². The number of aromatic nitrogens is 1. The maximum Gasteiger partial charge on any atom is 0.151 e. The van der Waals surface area contributed by atoms with Gasteiger partial charge in [0.1, 0.15) is 5.75 Å². The van der Waals surface area contributed by atoms with Crippen LogP contribution in [0.2, 0.25) is 0 Å². The Kier molecular flexibility index (Phi) is 2.55. The molecule has 2 rings (SSSR count). The van der Waals surface area contributed by atoms with E-state index in [-0.39, 0.29) is 11.5 Å². The Labute approximate surface area is 93.5 Å². The molecule has 0 fully saturated rings. The molecule has 1 N–H and O–H groups in total. The van der Waals surface area contributed by atoms with Crippen LogP contribution in [-0.4, -0.2) is 24.8 Å². The van der Waals surface area contributed by atoms with Crippen molar-refractivity contribution in [1.82, 2.24) is 4.98 Å². The van der Waals surface area contributed by atoms with E-state index in [4.69, 9.17) is 0 Å². The molecule has 16 heavy (non-hydrogen) atoms. The molecule has 84 valence electrons. The van der Waals surface area contributed by atoms with Crippen LogP contribution >= 0.6 is 0 Å². The van der Waals surface area contributed by atoms with E-state index >= 15 is 0 Å². The molecule has 0 aliphatic heterocycles. The lowest BCUT2D eigenvalue weighted by Gasteiger charge is -2.05. The third kappa shape index (κ3) is 2.14. The second kappa shape index (κ2) is 3.75. The van der Waals surface area contributed by atoms with E-state index in [0.29, 0.717) is 16.5 Å². The Hall–Kier alpha value is -1.62. The number of pyridine rings is 1. The highest BCUT2D eigenvalue weighted by Gasteiger charge is 2.12. The molecule has 1 heterocycles. The van der Waals surface area contributed by atoms with Crippen LogP contribution in [-0.2, 0) is 15.6 Å². The zero-order valence-corrected chi connectivity index (χ0v) is 9.53. The van der Waals surface area contributed by atoms with Crippen LogP contribution in [0.5, 0.6) is 5.75 Å². The minimum absolute atomic E-state index is 0.00368. The molecule has 1 aromatic carbocycles. The van der Waals surface area contributed by atoms with Crippen molar-refractivity contribution in [3.63, 3.8) is 0 Å². The quantitative estimate of drug-likeness (QED) is 0.859. The zero-order chi connectivity index (χ0) is 11.8. The van der Waals surface area contributed by atoms with Gasteiger partial charge >= 0.3 is 0 Å². The average molecular weight is 237 g/mol. The Balaban J connectivity index is 2.61. The molecule has 2 aromatic rings. The molecule has 0 radical (unpaired) electrons. The predicted octanol–water partition coefficient (Wildman–Crippen LogP) is 1.48. The molecule has 4 nitrogen and oxygen atoms in total. The fourth-order valence-electron chi connectivity index (χ4n) is 1.56. The fourth-order valence-corrected chi connectivity index (χ4v) is 2.33. The van der Waals surface area contributed by atoms with E-state index in [9.17, 15) is 13.5 Å². The number of nitrogens with zero attached hydrogens (tertiary/aromatic N) is 1. The molecule has 0 saturated heterocycles. The predicted molar refractivity (Wildman–Crippen MR) is 62.0 cm³/mol. The summed E-state index contributed by atoms with van der Waals surface area (Å²) in [6.45, 7) is 0. The lowest BCUT2D eigenvalue weighted by molar-refractivity contribution is 0.475. The summed E-state index contributed by atoms with van der Waals surface area (Å²) in [5, 5.41) is 10.5. The van der Waals surface area contributed by atoms with Crippen molar-refractivity contribution < 1.29 is 13.5 Å². The highest BCUT2D eigenvalue weighted by Crippen LogP contribution is 2.27.